The lowest BCUT2D eigenvalue weighted by atomic mass is 9.87. The molecule has 1 aromatic carbocycles. The summed E-state index contributed by atoms with van der Waals surface area (Å²) in [4.78, 5) is 4.41. The van der Waals surface area contributed by atoms with Crippen LogP contribution in [-0.2, 0) is 6.18 Å². The Morgan fingerprint density at radius 2 is 1.63 bits per heavy atom. The predicted molar refractivity (Wildman–Crippen MR) is 104 cm³/mol. The number of nitrogens with zero attached hydrogens (tertiary/aromatic N) is 2. The van der Waals surface area contributed by atoms with Crippen molar-refractivity contribution in [3.63, 3.8) is 0 Å². The molecule has 1 aromatic rings. The smallest absolute Gasteiger partial charge is 0.392 e. The van der Waals surface area contributed by atoms with Crippen molar-refractivity contribution in [2.45, 2.75) is 43.9 Å². The zero-order chi connectivity index (χ0) is 19.4. The largest absolute Gasteiger partial charge is 0.416 e. The van der Waals surface area contributed by atoms with Crippen molar-refractivity contribution in [2.24, 2.45) is 5.92 Å². The van der Waals surface area contributed by atoms with Crippen LogP contribution in [-0.4, -0.2) is 59.2 Å². The van der Waals surface area contributed by atoms with Crippen molar-refractivity contribution < 1.29 is 18.3 Å². The van der Waals surface area contributed by atoms with Crippen LogP contribution in [0, 0.1) is 5.92 Å². The number of β-amino-alcohol motifs (C(OH)–C–C–N with tert-alkyl or cyclic N) is 1. The topological polar surface area (TPSA) is 26.7 Å². The number of thiocarbonyl (C=S) groups is 1. The first kappa shape index (κ1) is 20.6. The summed E-state index contributed by atoms with van der Waals surface area (Å²) in [5.74, 6) is 0.621. The van der Waals surface area contributed by atoms with Gasteiger partial charge in [-0.25, -0.2) is 0 Å². The third-order valence-corrected chi connectivity index (χ3v) is 6.31. The van der Waals surface area contributed by atoms with Crippen molar-refractivity contribution in [3.05, 3.63) is 35.4 Å². The normalized spacial score (nSPS) is 22.0. The molecule has 0 bridgehead atoms. The van der Waals surface area contributed by atoms with Gasteiger partial charge in [0.05, 0.1) is 17.2 Å². The molecule has 0 aliphatic carbocycles. The van der Waals surface area contributed by atoms with Crippen molar-refractivity contribution in [1.29, 1.82) is 0 Å². The Kier molecular flexibility index (Phi) is 6.76. The van der Waals surface area contributed by atoms with E-state index < -0.39 is 11.7 Å². The van der Waals surface area contributed by atoms with Gasteiger partial charge in [-0.1, -0.05) is 24.4 Å². The Hall–Kier alpha value is -1.18. The number of rotatable bonds is 5. The Labute approximate surface area is 164 Å². The SMILES string of the molecule is OC(CN1CCC(c2ccc(C(F)(F)F)cc2)CC1)C1CCN(C=S)CC1. The van der Waals surface area contributed by atoms with E-state index in [-0.39, 0.29) is 6.10 Å². The van der Waals surface area contributed by atoms with E-state index in [2.05, 4.69) is 9.80 Å². The maximum atomic E-state index is 12.7. The summed E-state index contributed by atoms with van der Waals surface area (Å²) in [6.07, 6.45) is -0.826. The van der Waals surface area contributed by atoms with Gasteiger partial charge in [0.15, 0.2) is 0 Å². The highest BCUT2D eigenvalue weighted by molar-refractivity contribution is 7.78. The van der Waals surface area contributed by atoms with Gasteiger partial charge in [0.2, 0.25) is 0 Å². The molecule has 0 amide bonds. The average molecular weight is 401 g/mol. The van der Waals surface area contributed by atoms with E-state index in [1.807, 2.05) is 0 Å². The number of likely N-dealkylation sites (tertiary alicyclic amines) is 2. The molecule has 1 unspecified atom stereocenters. The number of aliphatic hydroxyl groups excluding tert-OH is 1. The monoisotopic (exact) mass is 400 g/mol. The van der Waals surface area contributed by atoms with Gasteiger partial charge < -0.3 is 14.9 Å². The highest BCUT2D eigenvalue weighted by atomic mass is 32.1. The number of benzene rings is 1. The molecule has 150 valence electrons. The van der Waals surface area contributed by atoms with Crippen molar-refractivity contribution >= 4 is 17.7 Å². The Balaban J connectivity index is 1.45. The molecule has 3 rings (SSSR count). The second-order valence-corrected chi connectivity index (χ2v) is 7.95. The van der Waals surface area contributed by atoms with Crippen molar-refractivity contribution in [1.82, 2.24) is 9.80 Å². The number of halogens is 3. The Morgan fingerprint density at radius 3 is 2.15 bits per heavy atom. The van der Waals surface area contributed by atoms with E-state index in [1.54, 1.807) is 17.6 Å². The molecule has 1 atom stereocenters. The van der Waals surface area contributed by atoms with Crippen molar-refractivity contribution in [3.8, 4) is 0 Å². The maximum absolute atomic E-state index is 12.7. The number of hydrogen-bond donors (Lipinski definition) is 1. The van der Waals surface area contributed by atoms with Crippen LogP contribution in [0.4, 0.5) is 13.2 Å². The standard InChI is InChI=1S/C20H27F3N2OS/c21-20(22,23)18-3-1-15(2-4-18)16-5-9-24(10-6-16)13-19(26)17-7-11-25(14-27)12-8-17/h1-4,14,16-17,19,26H,5-13H2. The molecular formula is C20H27F3N2OS. The molecule has 7 heteroatoms. The Bertz CT molecular complexity index is 607. The summed E-state index contributed by atoms with van der Waals surface area (Å²) in [6.45, 7) is 4.27. The fourth-order valence-corrected chi connectivity index (χ4v) is 4.43. The summed E-state index contributed by atoms with van der Waals surface area (Å²) < 4.78 is 38.1. The minimum atomic E-state index is -4.28. The van der Waals surface area contributed by atoms with Crippen LogP contribution in [0.3, 0.4) is 0 Å². The summed E-state index contributed by atoms with van der Waals surface area (Å²) in [7, 11) is 0. The second kappa shape index (κ2) is 8.88. The van der Waals surface area contributed by atoms with Gasteiger partial charge in [0, 0.05) is 19.6 Å². The van der Waals surface area contributed by atoms with Crippen molar-refractivity contribution in [2.75, 3.05) is 32.7 Å². The molecule has 0 radical (unpaired) electrons. The van der Waals surface area contributed by atoms with Gasteiger partial charge in [-0.2, -0.15) is 13.2 Å². The lowest BCUT2D eigenvalue weighted by Gasteiger charge is -2.37. The van der Waals surface area contributed by atoms with Gasteiger partial charge in [-0.05, 0) is 68.3 Å². The lowest BCUT2D eigenvalue weighted by molar-refractivity contribution is -0.137. The zero-order valence-electron chi connectivity index (χ0n) is 15.4. The van der Waals surface area contributed by atoms with Crippen LogP contribution < -0.4 is 0 Å². The molecule has 2 saturated heterocycles. The summed E-state index contributed by atoms with van der Waals surface area (Å²) >= 11 is 4.96. The first-order valence-corrected chi connectivity index (χ1v) is 10.1. The quantitative estimate of drug-likeness (QED) is 0.758. The van der Waals surface area contributed by atoms with E-state index >= 15 is 0 Å². The summed E-state index contributed by atoms with van der Waals surface area (Å²) in [5, 5.41) is 10.6. The first-order valence-electron chi connectivity index (χ1n) is 9.63. The van der Waals surface area contributed by atoms with E-state index in [1.165, 1.54) is 12.1 Å². The third-order valence-electron chi connectivity index (χ3n) is 6.01. The Morgan fingerprint density at radius 1 is 1.04 bits per heavy atom. The minimum absolute atomic E-state index is 0.298. The molecule has 2 aliphatic heterocycles. The fourth-order valence-electron chi connectivity index (χ4n) is 4.22. The number of aliphatic hydroxyl groups is 1. The zero-order valence-corrected chi connectivity index (χ0v) is 16.2. The molecule has 0 saturated carbocycles. The lowest BCUT2D eigenvalue weighted by Crippen LogP contribution is -2.44. The summed E-state index contributed by atoms with van der Waals surface area (Å²) in [5.41, 5.74) is 2.09. The average Bonchev–Trinajstić information content (AvgIpc) is 2.68. The third kappa shape index (κ3) is 5.42. The van der Waals surface area contributed by atoms with Gasteiger partial charge >= 0.3 is 6.18 Å². The highest BCUT2D eigenvalue weighted by Gasteiger charge is 2.31. The second-order valence-electron chi connectivity index (χ2n) is 7.74. The molecule has 0 spiro atoms. The van der Waals surface area contributed by atoms with Crippen LogP contribution in [0.2, 0.25) is 0 Å². The minimum Gasteiger partial charge on any atom is -0.392 e. The molecule has 2 fully saturated rings. The molecular weight excluding hydrogens is 373 g/mol. The summed E-state index contributed by atoms with van der Waals surface area (Å²) in [6, 6.07) is 5.58. The molecule has 2 aliphatic rings. The van der Waals surface area contributed by atoms with E-state index in [0.717, 1.165) is 57.4 Å². The van der Waals surface area contributed by atoms with Crippen LogP contribution >= 0.6 is 12.2 Å². The van der Waals surface area contributed by atoms with Gasteiger partial charge in [-0.15, -0.1) is 0 Å². The van der Waals surface area contributed by atoms with Crippen LogP contribution in [0.5, 0.6) is 0 Å². The maximum Gasteiger partial charge on any atom is 0.416 e. The van der Waals surface area contributed by atoms with Crippen LogP contribution in [0.1, 0.15) is 42.7 Å². The number of hydrogen-bond acceptors (Lipinski definition) is 3. The first-order chi connectivity index (χ1) is 12.9. The van der Waals surface area contributed by atoms with E-state index in [4.69, 9.17) is 12.2 Å². The molecule has 1 N–H and O–H groups in total. The fraction of sp³-hybridized carbons (Fsp3) is 0.650. The van der Waals surface area contributed by atoms with Crippen LogP contribution in [0.15, 0.2) is 24.3 Å². The molecule has 27 heavy (non-hydrogen) atoms. The van der Waals surface area contributed by atoms with Crippen LogP contribution in [0.25, 0.3) is 0 Å². The number of piperidine rings is 2. The van der Waals surface area contributed by atoms with Gasteiger partial charge in [0.25, 0.3) is 0 Å². The predicted octanol–water partition coefficient (Wildman–Crippen LogP) is 3.91. The van der Waals surface area contributed by atoms with E-state index in [0.29, 0.717) is 18.4 Å². The molecule has 0 aromatic heterocycles. The molecule has 3 nitrogen and oxygen atoms in total. The van der Waals surface area contributed by atoms with Gasteiger partial charge in [-0.3, -0.25) is 0 Å². The molecule has 2 heterocycles. The highest BCUT2D eigenvalue weighted by Crippen LogP contribution is 2.33. The number of alkyl halides is 3. The van der Waals surface area contributed by atoms with E-state index in [9.17, 15) is 18.3 Å². The van der Waals surface area contributed by atoms with Gasteiger partial charge in [0.1, 0.15) is 0 Å².